The number of rotatable bonds is 7. The molecule has 5 nitrogen and oxygen atoms in total. The molecule has 0 radical (unpaired) electrons. The summed E-state index contributed by atoms with van der Waals surface area (Å²) >= 11 is 1.12. The van der Waals surface area contributed by atoms with E-state index in [0.717, 1.165) is 22.5 Å². The number of aliphatic hydroxyl groups excluding tert-OH is 1. The molecule has 1 unspecified atom stereocenters. The molecule has 106 valence electrons. The summed E-state index contributed by atoms with van der Waals surface area (Å²) in [5.41, 5.74) is 1.96. The van der Waals surface area contributed by atoms with Gasteiger partial charge in [-0.25, -0.2) is 0 Å². The number of nitro groups is 1. The molecule has 0 spiro atoms. The van der Waals surface area contributed by atoms with Crippen molar-refractivity contribution in [3.63, 3.8) is 0 Å². The van der Waals surface area contributed by atoms with Crippen LogP contribution in [0.2, 0.25) is 0 Å². The average molecular weight is 292 g/mol. The second kappa shape index (κ2) is 7.14. The molecule has 0 saturated carbocycles. The van der Waals surface area contributed by atoms with E-state index in [2.05, 4.69) is 5.32 Å². The van der Waals surface area contributed by atoms with Crippen LogP contribution in [0.25, 0.3) is 0 Å². The van der Waals surface area contributed by atoms with Crippen molar-refractivity contribution in [1.29, 1.82) is 0 Å². The molecule has 1 atom stereocenters. The maximum atomic E-state index is 10.6. The number of nitrogens with one attached hydrogen (secondary N) is 1. The summed E-state index contributed by atoms with van der Waals surface area (Å²) in [5, 5.41) is 25.5. The van der Waals surface area contributed by atoms with Gasteiger partial charge >= 0.3 is 5.00 Å². The second-order valence-electron chi connectivity index (χ2n) is 4.52. The summed E-state index contributed by atoms with van der Waals surface area (Å²) in [6.07, 6.45) is 0.128. The summed E-state index contributed by atoms with van der Waals surface area (Å²) in [4.78, 5) is 10.2. The first kappa shape index (κ1) is 14.6. The van der Waals surface area contributed by atoms with Gasteiger partial charge in [0, 0.05) is 24.5 Å². The number of hydrogen-bond donors (Lipinski definition) is 2. The van der Waals surface area contributed by atoms with Gasteiger partial charge in [0.05, 0.1) is 11.0 Å². The molecule has 2 rings (SSSR count). The van der Waals surface area contributed by atoms with Crippen LogP contribution < -0.4 is 5.32 Å². The van der Waals surface area contributed by atoms with Gasteiger partial charge in [0.1, 0.15) is 0 Å². The van der Waals surface area contributed by atoms with Gasteiger partial charge in [-0.2, -0.15) is 0 Å². The highest BCUT2D eigenvalue weighted by Crippen LogP contribution is 2.22. The van der Waals surface area contributed by atoms with Crippen molar-refractivity contribution in [2.75, 3.05) is 6.54 Å². The van der Waals surface area contributed by atoms with E-state index in [-0.39, 0.29) is 5.00 Å². The zero-order valence-electron chi connectivity index (χ0n) is 10.9. The highest BCUT2D eigenvalue weighted by atomic mass is 32.1. The monoisotopic (exact) mass is 292 g/mol. The number of aliphatic hydroxyl groups is 1. The summed E-state index contributed by atoms with van der Waals surface area (Å²) < 4.78 is 0. The predicted molar refractivity (Wildman–Crippen MR) is 78.8 cm³/mol. The Balaban J connectivity index is 1.73. The van der Waals surface area contributed by atoms with E-state index >= 15 is 0 Å². The molecule has 2 aromatic rings. The molecule has 0 bridgehead atoms. The summed E-state index contributed by atoms with van der Waals surface area (Å²) in [6, 6.07) is 11.3. The summed E-state index contributed by atoms with van der Waals surface area (Å²) in [6.45, 7) is 0.981. The van der Waals surface area contributed by atoms with E-state index in [1.54, 1.807) is 11.4 Å². The van der Waals surface area contributed by atoms with Crippen molar-refractivity contribution in [1.82, 2.24) is 5.32 Å². The SMILES string of the molecule is O=[N+]([O-])c1cc(CNCC(O)Cc2ccccc2)cs1. The Bertz CT molecular complexity index is 557. The minimum Gasteiger partial charge on any atom is -0.391 e. The molecule has 0 aliphatic rings. The van der Waals surface area contributed by atoms with E-state index in [4.69, 9.17) is 0 Å². The Hall–Kier alpha value is -1.76. The molecule has 1 aromatic heterocycles. The van der Waals surface area contributed by atoms with Crippen LogP contribution in [0.3, 0.4) is 0 Å². The summed E-state index contributed by atoms with van der Waals surface area (Å²) in [5.74, 6) is 0. The molecule has 0 saturated heterocycles. The van der Waals surface area contributed by atoms with Crippen LogP contribution in [0.1, 0.15) is 11.1 Å². The fourth-order valence-corrected chi connectivity index (χ4v) is 2.62. The number of nitrogens with zero attached hydrogens (tertiary/aromatic N) is 1. The standard InChI is InChI=1S/C14H16N2O3S/c17-13(6-11-4-2-1-3-5-11)9-15-8-12-7-14(16(18)19)20-10-12/h1-5,7,10,13,15,17H,6,8-9H2. The number of benzene rings is 1. The molecule has 1 heterocycles. The van der Waals surface area contributed by atoms with E-state index in [1.165, 1.54) is 0 Å². The van der Waals surface area contributed by atoms with E-state index < -0.39 is 11.0 Å². The molecule has 2 N–H and O–H groups in total. The zero-order valence-corrected chi connectivity index (χ0v) is 11.7. The molecule has 0 fully saturated rings. The fourth-order valence-electron chi connectivity index (χ4n) is 1.89. The van der Waals surface area contributed by atoms with E-state index in [0.29, 0.717) is 19.5 Å². The van der Waals surface area contributed by atoms with Crippen LogP contribution in [0.5, 0.6) is 0 Å². The second-order valence-corrected chi connectivity index (χ2v) is 5.41. The normalized spacial score (nSPS) is 12.2. The third-order valence-electron chi connectivity index (χ3n) is 2.84. The Morgan fingerprint density at radius 2 is 2.05 bits per heavy atom. The third kappa shape index (κ3) is 4.41. The molecule has 0 amide bonds. The van der Waals surface area contributed by atoms with Gasteiger partial charge in [-0.3, -0.25) is 10.1 Å². The van der Waals surface area contributed by atoms with Gasteiger partial charge in [-0.15, -0.1) is 0 Å². The Morgan fingerprint density at radius 1 is 1.30 bits per heavy atom. The largest absolute Gasteiger partial charge is 0.391 e. The van der Waals surface area contributed by atoms with Crippen LogP contribution in [-0.4, -0.2) is 22.7 Å². The minimum absolute atomic E-state index is 0.145. The van der Waals surface area contributed by atoms with Crippen LogP contribution >= 0.6 is 11.3 Å². The topological polar surface area (TPSA) is 75.4 Å². The number of thiophene rings is 1. The van der Waals surface area contributed by atoms with E-state index in [1.807, 2.05) is 30.3 Å². The lowest BCUT2D eigenvalue weighted by atomic mass is 10.1. The molecule has 0 aliphatic carbocycles. The van der Waals surface area contributed by atoms with Gasteiger partial charge in [-0.05, 0) is 17.5 Å². The van der Waals surface area contributed by atoms with Crippen molar-refractivity contribution in [3.05, 3.63) is 63.0 Å². The lowest BCUT2D eigenvalue weighted by Crippen LogP contribution is -2.27. The van der Waals surface area contributed by atoms with Gasteiger partial charge in [0.2, 0.25) is 0 Å². The average Bonchev–Trinajstić information content (AvgIpc) is 2.89. The van der Waals surface area contributed by atoms with E-state index in [9.17, 15) is 15.2 Å². The molecule has 0 aliphatic heterocycles. The van der Waals surface area contributed by atoms with Crippen LogP contribution in [-0.2, 0) is 13.0 Å². The fraction of sp³-hybridized carbons (Fsp3) is 0.286. The Morgan fingerprint density at radius 3 is 2.70 bits per heavy atom. The van der Waals surface area contributed by atoms with Crippen molar-refractivity contribution in [2.24, 2.45) is 0 Å². The van der Waals surface area contributed by atoms with Crippen molar-refractivity contribution in [2.45, 2.75) is 19.1 Å². The molecule has 1 aromatic carbocycles. The lowest BCUT2D eigenvalue weighted by Gasteiger charge is -2.11. The highest BCUT2D eigenvalue weighted by molar-refractivity contribution is 7.13. The molecular weight excluding hydrogens is 276 g/mol. The van der Waals surface area contributed by atoms with Gasteiger partial charge in [0.25, 0.3) is 0 Å². The number of hydrogen-bond acceptors (Lipinski definition) is 5. The Labute approximate surface area is 121 Å². The smallest absolute Gasteiger partial charge is 0.324 e. The first-order chi connectivity index (χ1) is 9.65. The minimum atomic E-state index is -0.467. The van der Waals surface area contributed by atoms with Crippen LogP contribution in [0.4, 0.5) is 5.00 Å². The molecule has 6 heteroatoms. The summed E-state index contributed by atoms with van der Waals surface area (Å²) in [7, 11) is 0. The first-order valence-corrected chi connectivity index (χ1v) is 7.17. The maximum Gasteiger partial charge on any atom is 0.324 e. The van der Waals surface area contributed by atoms with Crippen LogP contribution in [0, 0.1) is 10.1 Å². The van der Waals surface area contributed by atoms with Crippen molar-refractivity contribution in [3.8, 4) is 0 Å². The maximum absolute atomic E-state index is 10.6. The quantitative estimate of drug-likeness (QED) is 0.607. The predicted octanol–water partition coefficient (Wildman–Crippen LogP) is 2.35. The Kier molecular flexibility index (Phi) is 5.23. The first-order valence-electron chi connectivity index (χ1n) is 6.29. The van der Waals surface area contributed by atoms with Gasteiger partial charge < -0.3 is 10.4 Å². The van der Waals surface area contributed by atoms with Crippen LogP contribution in [0.15, 0.2) is 41.8 Å². The molecule has 20 heavy (non-hydrogen) atoms. The van der Waals surface area contributed by atoms with Crippen molar-refractivity contribution < 1.29 is 10.0 Å². The van der Waals surface area contributed by atoms with Crippen molar-refractivity contribution >= 4 is 16.3 Å². The highest BCUT2D eigenvalue weighted by Gasteiger charge is 2.10. The third-order valence-corrected chi connectivity index (χ3v) is 3.77. The van der Waals surface area contributed by atoms with Gasteiger partial charge in [0.15, 0.2) is 0 Å². The molecular formula is C14H16N2O3S. The van der Waals surface area contributed by atoms with Gasteiger partial charge in [-0.1, -0.05) is 41.7 Å². The lowest BCUT2D eigenvalue weighted by molar-refractivity contribution is -0.380. The zero-order chi connectivity index (χ0) is 14.4.